The molecule has 57 heavy (non-hydrogen) atoms. The van der Waals surface area contributed by atoms with Gasteiger partial charge < -0.3 is 0 Å². The Morgan fingerprint density at radius 3 is 2.33 bits per heavy atom. The van der Waals surface area contributed by atoms with Gasteiger partial charge in [-0.15, -0.1) is 11.3 Å². The molecule has 0 aliphatic heterocycles. The van der Waals surface area contributed by atoms with Crippen molar-refractivity contribution in [3.8, 4) is 22.3 Å². The zero-order chi connectivity index (χ0) is 38.4. The van der Waals surface area contributed by atoms with E-state index < -0.39 is 0 Å². The number of fused-ring (bicyclic) bond motifs is 11. The summed E-state index contributed by atoms with van der Waals surface area (Å²) < 4.78 is 2.69. The number of hydrogen-bond donors (Lipinski definition) is 0. The van der Waals surface area contributed by atoms with E-state index in [1.165, 1.54) is 120 Å². The van der Waals surface area contributed by atoms with Crippen molar-refractivity contribution in [1.29, 1.82) is 0 Å². The predicted molar refractivity (Wildman–Crippen MR) is 247 cm³/mol. The summed E-state index contributed by atoms with van der Waals surface area (Å²) in [4.78, 5) is 0. The highest BCUT2D eigenvalue weighted by Gasteiger charge is 2.38. The second-order valence-electron chi connectivity index (χ2n) is 16.9. The first-order valence-corrected chi connectivity index (χ1v) is 21.2. The van der Waals surface area contributed by atoms with E-state index in [2.05, 4.69) is 185 Å². The summed E-state index contributed by atoms with van der Waals surface area (Å²) in [6, 6.07) is 48.6. The lowest BCUT2D eigenvalue weighted by Gasteiger charge is -2.25. The maximum absolute atomic E-state index is 2.55. The lowest BCUT2D eigenvalue weighted by Crippen LogP contribution is -2.15. The van der Waals surface area contributed by atoms with Crippen molar-refractivity contribution in [2.75, 3.05) is 0 Å². The van der Waals surface area contributed by atoms with Gasteiger partial charge >= 0.3 is 0 Å². The van der Waals surface area contributed by atoms with E-state index in [9.17, 15) is 0 Å². The molecule has 1 heterocycles. The average molecular weight is 749 g/mol. The van der Waals surface area contributed by atoms with Gasteiger partial charge in [-0.05, 0) is 146 Å². The highest BCUT2D eigenvalue weighted by molar-refractivity contribution is 7.25. The molecular formula is C56H44S. The number of hydrogen-bond acceptors (Lipinski definition) is 1. The van der Waals surface area contributed by atoms with Gasteiger partial charge in [-0.3, -0.25) is 0 Å². The van der Waals surface area contributed by atoms with E-state index in [1.54, 1.807) is 0 Å². The van der Waals surface area contributed by atoms with Crippen molar-refractivity contribution < 1.29 is 0 Å². The topological polar surface area (TPSA) is 0 Å². The summed E-state index contributed by atoms with van der Waals surface area (Å²) in [5.74, 6) is 0. The van der Waals surface area contributed by atoms with Crippen molar-refractivity contribution in [1.82, 2.24) is 0 Å². The van der Waals surface area contributed by atoms with Gasteiger partial charge in [-0.2, -0.15) is 0 Å². The largest absolute Gasteiger partial charge is 0.135 e. The highest BCUT2D eigenvalue weighted by atomic mass is 32.1. The van der Waals surface area contributed by atoms with Gasteiger partial charge in [0.15, 0.2) is 0 Å². The molecule has 0 nitrogen and oxygen atoms in total. The van der Waals surface area contributed by atoms with Gasteiger partial charge in [-0.25, -0.2) is 0 Å². The Bertz CT molecular complexity index is 3130. The summed E-state index contributed by atoms with van der Waals surface area (Å²) in [6.07, 6.45) is 14.6. The normalized spacial score (nSPS) is 15.3. The van der Waals surface area contributed by atoms with Gasteiger partial charge in [0.05, 0.1) is 0 Å². The molecule has 1 heteroatoms. The Morgan fingerprint density at radius 1 is 0.667 bits per heavy atom. The molecule has 0 saturated heterocycles. The zero-order valence-electron chi connectivity index (χ0n) is 33.0. The van der Waals surface area contributed by atoms with Crippen LogP contribution in [0.1, 0.15) is 70.3 Å². The fourth-order valence-electron chi connectivity index (χ4n) is 10.0. The first kappa shape index (κ1) is 34.2. The quantitative estimate of drug-likeness (QED) is 0.154. The third-order valence-corrected chi connectivity index (χ3v) is 14.2. The second-order valence-corrected chi connectivity index (χ2v) is 18.0. The van der Waals surface area contributed by atoms with E-state index in [0.717, 1.165) is 19.3 Å². The average Bonchev–Trinajstić information content (AvgIpc) is 3.63. The molecule has 0 fully saturated rings. The van der Waals surface area contributed by atoms with E-state index in [-0.39, 0.29) is 5.41 Å². The number of aryl methyl sites for hydroxylation is 2. The zero-order valence-corrected chi connectivity index (χ0v) is 33.9. The van der Waals surface area contributed by atoms with Crippen molar-refractivity contribution in [2.24, 2.45) is 0 Å². The Balaban J connectivity index is 1.08. The fourth-order valence-corrected chi connectivity index (χ4v) is 11.2. The molecule has 2 bridgehead atoms. The maximum Gasteiger partial charge on any atom is 0.0361 e. The van der Waals surface area contributed by atoms with Crippen molar-refractivity contribution in [3.05, 3.63) is 207 Å². The van der Waals surface area contributed by atoms with E-state index >= 15 is 0 Å². The van der Waals surface area contributed by atoms with E-state index in [0.29, 0.717) is 0 Å². The fraction of sp³-hybridized carbons (Fsp3) is 0.143. The molecule has 7 aromatic carbocycles. The molecule has 274 valence electrons. The number of benzene rings is 7. The monoisotopic (exact) mass is 748 g/mol. The van der Waals surface area contributed by atoms with Gasteiger partial charge in [-0.1, -0.05) is 159 Å². The Morgan fingerprint density at radius 2 is 1.46 bits per heavy atom. The minimum absolute atomic E-state index is 0.178. The predicted octanol–water partition coefficient (Wildman–Crippen LogP) is 15.4. The van der Waals surface area contributed by atoms with Crippen LogP contribution >= 0.6 is 11.3 Å². The first-order chi connectivity index (χ1) is 27.8. The summed E-state index contributed by atoms with van der Waals surface area (Å²) in [7, 11) is 0. The minimum atomic E-state index is -0.178. The summed E-state index contributed by atoms with van der Waals surface area (Å²) in [6.45, 7) is 9.32. The van der Waals surface area contributed by atoms with Crippen LogP contribution in [0.25, 0.3) is 70.4 Å². The number of allylic oxidation sites excluding steroid dienone is 7. The van der Waals surface area contributed by atoms with Crippen LogP contribution in [0.3, 0.4) is 0 Å². The van der Waals surface area contributed by atoms with Crippen LogP contribution in [0, 0.1) is 13.8 Å². The van der Waals surface area contributed by atoms with Gasteiger partial charge in [0.25, 0.3) is 0 Å². The van der Waals surface area contributed by atoms with E-state index in [4.69, 9.17) is 0 Å². The molecular weight excluding hydrogens is 705 g/mol. The highest BCUT2D eigenvalue weighted by Crippen LogP contribution is 2.54. The molecule has 11 rings (SSSR count). The van der Waals surface area contributed by atoms with E-state index in [1.807, 2.05) is 11.3 Å². The molecule has 0 N–H and O–H groups in total. The third-order valence-electron chi connectivity index (χ3n) is 13.1. The van der Waals surface area contributed by atoms with Gasteiger partial charge in [0.1, 0.15) is 0 Å². The van der Waals surface area contributed by atoms with Crippen LogP contribution < -0.4 is 0 Å². The molecule has 1 aromatic heterocycles. The molecule has 0 saturated carbocycles. The second kappa shape index (κ2) is 13.0. The Hall–Kier alpha value is -6.02. The smallest absolute Gasteiger partial charge is 0.0361 e. The van der Waals surface area contributed by atoms with Crippen LogP contribution in [0.15, 0.2) is 157 Å². The maximum atomic E-state index is 2.55. The molecule has 0 spiro atoms. The molecule has 3 aliphatic rings. The van der Waals surface area contributed by atoms with Gasteiger partial charge in [0, 0.05) is 25.6 Å². The number of rotatable bonds is 5. The van der Waals surface area contributed by atoms with Crippen molar-refractivity contribution in [3.63, 3.8) is 0 Å². The number of thiophene rings is 1. The summed E-state index contributed by atoms with van der Waals surface area (Å²) in [5.41, 5.74) is 21.7. The SMILES string of the molecule is Cc1ccc(C/C(=C/c2ccc3c(c2)C(C)(C)c2cc(-c4cccc5c4CC4=CC5=CC=CC4)c4ccccc4c2-3)c2cccc3sc4ccccc4c23)cc1C. The molecule has 0 atom stereocenters. The molecule has 8 aromatic rings. The van der Waals surface area contributed by atoms with Crippen LogP contribution in [0.2, 0.25) is 0 Å². The van der Waals surface area contributed by atoms with Crippen molar-refractivity contribution >= 4 is 59.5 Å². The van der Waals surface area contributed by atoms with Crippen molar-refractivity contribution in [2.45, 2.75) is 52.4 Å². The standard InChI is InChI=1S/C56H44S/c1-34-23-24-37(27-35(34)2)29-40(42-19-12-22-53-55(42)47-17-9-10-21-52(47)57-53)30-38-25-26-46-50(32-38)56(3,4)51-33-49(43-15-7-8-16-45(43)54(46)51)44-20-11-18-41-39-14-6-5-13-36(28-39)31-48(41)44/h5-12,14-28,30,32-33H,13,29,31H2,1-4H3/b40-30-. The Kier molecular flexibility index (Phi) is 7.82. The molecule has 0 amide bonds. The molecule has 0 unspecified atom stereocenters. The molecule has 3 aliphatic carbocycles. The lowest BCUT2D eigenvalue weighted by molar-refractivity contribution is 0.661. The first-order valence-electron chi connectivity index (χ1n) is 20.4. The van der Waals surface area contributed by atoms with Crippen LogP contribution in [-0.2, 0) is 18.3 Å². The third kappa shape index (κ3) is 5.47. The lowest BCUT2D eigenvalue weighted by atomic mass is 9.78. The minimum Gasteiger partial charge on any atom is -0.135 e. The summed E-state index contributed by atoms with van der Waals surface area (Å²) >= 11 is 1.90. The molecule has 0 radical (unpaired) electrons. The van der Waals surface area contributed by atoms with Gasteiger partial charge in [0.2, 0.25) is 0 Å². The Labute approximate surface area is 339 Å². The van der Waals surface area contributed by atoms with Crippen LogP contribution in [-0.4, -0.2) is 0 Å². The summed E-state index contributed by atoms with van der Waals surface area (Å²) in [5, 5.41) is 5.39. The van der Waals surface area contributed by atoms with Crippen LogP contribution in [0.5, 0.6) is 0 Å². The van der Waals surface area contributed by atoms with Crippen LogP contribution in [0.4, 0.5) is 0 Å².